The lowest BCUT2D eigenvalue weighted by Gasteiger charge is -2.06. The lowest BCUT2D eigenvalue weighted by Crippen LogP contribution is -2.26. The van der Waals surface area contributed by atoms with E-state index in [1.165, 1.54) is 17.3 Å². The van der Waals surface area contributed by atoms with E-state index in [1.807, 2.05) is 48.5 Å². The minimum Gasteiger partial charge on any atom is -0.307 e. The first-order valence-electron chi connectivity index (χ1n) is 5.83. The maximum absolute atomic E-state index is 11.9. The zero-order chi connectivity index (χ0) is 13.5. The topological polar surface area (TPSA) is 29.1 Å². The van der Waals surface area contributed by atoms with Gasteiger partial charge < -0.3 is 5.32 Å². The molecule has 0 unspecified atom stereocenters. The number of thioether (sulfide) groups is 1. The summed E-state index contributed by atoms with van der Waals surface area (Å²) in [6.07, 6.45) is 0. The van der Waals surface area contributed by atoms with Crippen LogP contribution in [-0.4, -0.2) is 10.2 Å². The van der Waals surface area contributed by atoms with Gasteiger partial charge >= 0.3 is 0 Å². The summed E-state index contributed by atoms with van der Waals surface area (Å²) in [5.41, 5.74) is 1.80. The molecule has 0 radical (unpaired) electrons. The molecule has 0 bridgehead atoms. The summed E-state index contributed by atoms with van der Waals surface area (Å²) < 4.78 is 0.498. The Kier molecular flexibility index (Phi) is 5.12. The van der Waals surface area contributed by atoms with Gasteiger partial charge in [-0.3, -0.25) is 4.79 Å². The van der Waals surface area contributed by atoms with Gasteiger partial charge in [0, 0.05) is 11.3 Å². The van der Waals surface area contributed by atoms with Crippen LogP contribution in [0.5, 0.6) is 0 Å². The number of rotatable bonds is 3. The number of hydrogen-bond donors (Lipinski definition) is 1. The Labute approximate surface area is 122 Å². The van der Waals surface area contributed by atoms with E-state index >= 15 is 0 Å². The number of carbonyl (C=O) groups excluding carboxylic acids is 1. The van der Waals surface area contributed by atoms with Crippen LogP contribution in [0.3, 0.4) is 0 Å². The Morgan fingerprint density at radius 3 is 2.21 bits per heavy atom. The van der Waals surface area contributed by atoms with Crippen LogP contribution in [0, 0.1) is 0 Å². The van der Waals surface area contributed by atoms with Gasteiger partial charge in [-0.2, -0.15) is 0 Å². The van der Waals surface area contributed by atoms with Crippen molar-refractivity contribution in [3.63, 3.8) is 0 Å². The smallest absolute Gasteiger partial charge is 0.256 e. The normalized spacial score (nSPS) is 9.89. The molecule has 2 aromatic rings. The summed E-state index contributed by atoms with van der Waals surface area (Å²) >= 11 is 6.61. The van der Waals surface area contributed by atoms with E-state index in [0.717, 1.165) is 5.75 Å². The van der Waals surface area contributed by atoms with E-state index in [-0.39, 0.29) is 5.91 Å². The maximum atomic E-state index is 11.9. The molecule has 0 aromatic heterocycles. The van der Waals surface area contributed by atoms with Crippen molar-refractivity contribution >= 4 is 34.2 Å². The van der Waals surface area contributed by atoms with Gasteiger partial charge in [-0.15, -0.1) is 0 Å². The first-order chi connectivity index (χ1) is 9.25. The van der Waals surface area contributed by atoms with Crippen LogP contribution in [0.2, 0.25) is 0 Å². The second kappa shape index (κ2) is 7.07. The fraction of sp³-hybridized carbons (Fsp3) is 0.0667. The molecular formula is C15H13NOS2. The number of amides is 1. The van der Waals surface area contributed by atoms with Crippen molar-refractivity contribution in [2.75, 3.05) is 0 Å². The fourth-order valence-corrected chi connectivity index (χ4v) is 2.44. The first-order valence-corrected chi connectivity index (χ1v) is 7.22. The van der Waals surface area contributed by atoms with Crippen LogP contribution in [0.1, 0.15) is 15.9 Å². The van der Waals surface area contributed by atoms with Crippen molar-refractivity contribution in [3.8, 4) is 0 Å². The van der Waals surface area contributed by atoms with Crippen molar-refractivity contribution in [2.24, 2.45) is 0 Å². The van der Waals surface area contributed by atoms with Crippen LogP contribution in [0.15, 0.2) is 60.7 Å². The van der Waals surface area contributed by atoms with Crippen molar-refractivity contribution in [3.05, 3.63) is 71.8 Å². The van der Waals surface area contributed by atoms with Gasteiger partial charge in [0.15, 0.2) is 0 Å². The monoisotopic (exact) mass is 287 g/mol. The molecule has 0 atom stereocenters. The third-order valence-electron chi connectivity index (χ3n) is 2.46. The number of benzene rings is 2. The molecule has 0 aliphatic carbocycles. The van der Waals surface area contributed by atoms with E-state index in [1.54, 1.807) is 12.1 Å². The fourth-order valence-electron chi connectivity index (χ4n) is 1.51. The highest BCUT2D eigenvalue weighted by molar-refractivity contribution is 8.22. The second-order valence-electron chi connectivity index (χ2n) is 3.88. The molecule has 19 heavy (non-hydrogen) atoms. The zero-order valence-corrected chi connectivity index (χ0v) is 11.8. The highest BCUT2D eigenvalue weighted by Crippen LogP contribution is 2.13. The molecule has 1 N–H and O–H groups in total. The van der Waals surface area contributed by atoms with E-state index in [9.17, 15) is 4.79 Å². The Bertz CT molecular complexity index is 555. The third kappa shape index (κ3) is 4.50. The van der Waals surface area contributed by atoms with Crippen molar-refractivity contribution in [1.82, 2.24) is 5.32 Å². The van der Waals surface area contributed by atoms with Gasteiger partial charge in [0.05, 0.1) is 0 Å². The predicted molar refractivity (Wildman–Crippen MR) is 84.2 cm³/mol. The molecule has 1 amide bonds. The standard InChI is InChI=1S/C15H13NOS2/c17-14(13-9-5-2-6-10-13)16-15(18)19-11-12-7-3-1-4-8-12/h1-10H,11H2,(H,16,17,18). The van der Waals surface area contributed by atoms with E-state index in [2.05, 4.69) is 5.32 Å². The highest BCUT2D eigenvalue weighted by Gasteiger charge is 2.07. The highest BCUT2D eigenvalue weighted by atomic mass is 32.2. The van der Waals surface area contributed by atoms with Crippen LogP contribution in [0.25, 0.3) is 0 Å². The molecule has 0 saturated carbocycles. The maximum Gasteiger partial charge on any atom is 0.256 e. The molecule has 0 fully saturated rings. The molecule has 4 heteroatoms. The van der Waals surface area contributed by atoms with Gasteiger partial charge in [-0.05, 0) is 17.7 Å². The minimum atomic E-state index is -0.161. The average Bonchev–Trinajstić information content (AvgIpc) is 2.47. The lowest BCUT2D eigenvalue weighted by molar-refractivity contribution is 0.0978. The van der Waals surface area contributed by atoms with Crippen LogP contribution < -0.4 is 5.32 Å². The molecule has 0 heterocycles. The largest absolute Gasteiger partial charge is 0.307 e. The molecule has 0 aliphatic rings. The molecule has 2 aromatic carbocycles. The Balaban J connectivity index is 1.83. The number of carbonyl (C=O) groups is 1. The SMILES string of the molecule is O=C(NC(=S)SCc1ccccc1)c1ccccc1. The molecule has 0 saturated heterocycles. The Morgan fingerprint density at radius 2 is 1.58 bits per heavy atom. The van der Waals surface area contributed by atoms with Gasteiger partial charge in [0.25, 0.3) is 5.91 Å². The Hall–Kier alpha value is -1.65. The summed E-state index contributed by atoms with van der Waals surface area (Å²) in [4.78, 5) is 11.9. The number of hydrogen-bond acceptors (Lipinski definition) is 3. The molecule has 0 aliphatic heterocycles. The van der Waals surface area contributed by atoms with Crippen molar-refractivity contribution in [2.45, 2.75) is 5.75 Å². The van der Waals surface area contributed by atoms with Crippen molar-refractivity contribution < 1.29 is 4.79 Å². The van der Waals surface area contributed by atoms with E-state index in [0.29, 0.717) is 9.88 Å². The Morgan fingerprint density at radius 1 is 1.00 bits per heavy atom. The molecule has 2 nitrogen and oxygen atoms in total. The zero-order valence-electron chi connectivity index (χ0n) is 10.2. The van der Waals surface area contributed by atoms with Crippen LogP contribution in [-0.2, 0) is 5.75 Å². The van der Waals surface area contributed by atoms with Gasteiger partial charge in [0.2, 0.25) is 0 Å². The minimum absolute atomic E-state index is 0.161. The molecule has 0 spiro atoms. The number of nitrogens with one attached hydrogen (secondary N) is 1. The molecule has 96 valence electrons. The second-order valence-corrected chi connectivity index (χ2v) is 5.53. The van der Waals surface area contributed by atoms with Crippen LogP contribution in [0.4, 0.5) is 0 Å². The summed E-state index contributed by atoms with van der Waals surface area (Å²) in [6.45, 7) is 0. The quantitative estimate of drug-likeness (QED) is 0.874. The average molecular weight is 287 g/mol. The van der Waals surface area contributed by atoms with Crippen molar-refractivity contribution in [1.29, 1.82) is 0 Å². The molecule has 2 rings (SSSR count). The summed E-state index contributed by atoms with van der Waals surface area (Å²) in [5, 5.41) is 2.72. The van der Waals surface area contributed by atoms with Gasteiger partial charge in [0.1, 0.15) is 4.32 Å². The predicted octanol–water partition coefficient (Wildman–Crippen LogP) is 3.63. The third-order valence-corrected chi connectivity index (χ3v) is 3.76. The number of thiocarbonyl (C=S) groups is 1. The summed E-state index contributed by atoms with van der Waals surface area (Å²) in [7, 11) is 0. The molecular weight excluding hydrogens is 274 g/mol. The van der Waals surface area contributed by atoms with Gasteiger partial charge in [-0.25, -0.2) is 0 Å². The van der Waals surface area contributed by atoms with E-state index in [4.69, 9.17) is 12.2 Å². The summed E-state index contributed by atoms with van der Waals surface area (Å²) in [5.74, 6) is 0.598. The summed E-state index contributed by atoms with van der Waals surface area (Å²) in [6, 6.07) is 19.1. The van der Waals surface area contributed by atoms with E-state index < -0.39 is 0 Å². The van der Waals surface area contributed by atoms with Crippen LogP contribution >= 0.6 is 24.0 Å². The lowest BCUT2D eigenvalue weighted by atomic mass is 10.2. The van der Waals surface area contributed by atoms with Gasteiger partial charge in [-0.1, -0.05) is 72.5 Å². The first kappa shape index (κ1) is 13.8.